The van der Waals surface area contributed by atoms with Crippen LogP contribution in [0.3, 0.4) is 0 Å². The summed E-state index contributed by atoms with van der Waals surface area (Å²) in [6.07, 6.45) is 0. The van der Waals surface area contributed by atoms with Crippen molar-refractivity contribution in [2.75, 3.05) is 0 Å². The normalized spacial score (nSPS) is 11.8. The van der Waals surface area contributed by atoms with Crippen molar-refractivity contribution in [1.82, 2.24) is 4.72 Å². The second-order valence-electron chi connectivity index (χ2n) is 3.95. The monoisotopic (exact) mass is 351 g/mol. The predicted molar refractivity (Wildman–Crippen MR) is 80.7 cm³/mol. The summed E-state index contributed by atoms with van der Waals surface area (Å²) in [5.41, 5.74) is 1.07. The Hall–Kier alpha value is -0.630. The van der Waals surface area contributed by atoms with Crippen LogP contribution in [0.2, 0.25) is 10.0 Å². The fraction of sp³-hybridized carbons (Fsp3) is 0.167. The number of nitrogens with one attached hydrogen (secondary N) is 1. The summed E-state index contributed by atoms with van der Waals surface area (Å²) in [6.45, 7) is -0.245. The van der Waals surface area contributed by atoms with Gasteiger partial charge in [0.15, 0.2) is 0 Å². The lowest BCUT2D eigenvalue weighted by Gasteiger charge is -2.11. The molecule has 0 spiro atoms. The molecule has 0 aliphatic carbocycles. The van der Waals surface area contributed by atoms with Crippen molar-refractivity contribution in [1.29, 1.82) is 0 Å². The summed E-state index contributed by atoms with van der Waals surface area (Å²) >= 11 is 13.3. The van der Waals surface area contributed by atoms with E-state index in [1.807, 2.05) is 16.8 Å². The zero-order valence-corrected chi connectivity index (χ0v) is 13.3. The predicted octanol–water partition coefficient (Wildman–Crippen LogP) is 3.03. The summed E-state index contributed by atoms with van der Waals surface area (Å²) in [4.78, 5) is -0.0946. The first-order chi connectivity index (χ1) is 9.45. The van der Waals surface area contributed by atoms with Crippen molar-refractivity contribution in [3.63, 3.8) is 0 Å². The molecule has 0 aliphatic heterocycles. The van der Waals surface area contributed by atoms with Crippen LogP contribution in [0.25, 0.3) is 0 Å². The Morgan fingerprint density at radius 1 is 1.25 bits per heavy atom. The van der Waals surface area contributed by atoms with Crippen LogP contribution in [0.1, 0.15) is 11.1 Å². The first-order valence-electron chi connectivity index (χ1n) is 5.54. The SMILES string of the molecule is O=S(=O)(NCc1ccsc1)c1ccc(Cl)c(CO)c1Cl. The molecule has 1 aromatic carbocycles. The third-order valence-electron chi connectivity index (χ3n) is 2.64. The summed E-state index contributed by atoms with van der Waals surface area (Å²) in [6, 6.07) is 4.55. The molecular formula is C12H11Cl2NO3S2. The molecule has 0 radical (unpaired) electrons. The molecule has 4 nitrogen and oxygen atoms in total. The van der Waals surface area contributed by atoms with Gasteiger partial charge in [-0.1, -0.05) is 23.2 Å². The van der Waals surface area contributed by atoms with E-state index in [2.05, 4.69) is 4.72 Å². The minimum Gasteiger partial charge on any atom is -0.392 e. The molecule has 0 unspecified atom stereocenters. The van der Waals surface area contributed by atoms with Gasteiger partial charge >= 0.3 is 0 Å². The average Bonchev–Trinajstić information content (AvgIpc) is 2.90. The van der Waals surface area contributed by atoms with Crippen LogP contribution in [0.5, 0.6) is 0 Å². The molecule has 0 amide bonds. The highest BCUT2D eigenvalue weighted by atomic mass is 35.5. The van der Waals surface area contributed by atoms with Crippen molar-refractivity contribution in [2.45, 2.75) is 18.0 Å². The van der Waals surface area contributed by atoms with Crippen molar-refractivity contribution < 1.29 is 13.5 Å². The molecular weight excluding hydrogens is 341 g/mol. The lowest BCUT2D eigenvalue weighted by molar-refractivity contribution is 0.281. The van der Waals surface area contributed by atoms with E-state index in [1.165, 1.54) is 23.5 Å². The molecule has 0 bridgehead atoms. The zero-order chi connectivity index (χ0) is 14.8. The van der Waals surface area contributed by atoms with Crippen LogP contribution in [0, 0.1) is 0 Å². The molecule has 1 heterocycles. The Labute approximate surface area is 131 Å². The number of benzene rings is 1. The topological polar surface area (TPSA) is 66.4 Å². The molecule has 2 rings (SSSR count). The fourth-order valence-electron chi connectivity index (χ4n) is 1.58. The fourth-order valence-corrected chi connectivity index (χ4v) is 4.16. The van der Waals surface area contributed by atoms with Crippen LogP contribution < -0.4 is 4.72 Å². The van der Waals surface area contributed by atoms with Gasteiger partial charge in [-0.25, -0.2) is 13.1 Å². The van der Waals surface area contributed by atoms with Gasteiger partial charge in [0, 0.05) is 17.1 Å². The van der Waals surface area contributed by atoms with Crippen molar-refractivity contribution in [3.05, 3.63) is 50.1 Å². The number of rotatable bonds is 5. The number of aliphatic hydroxyl groups excluding tert-OH is 1. The molecule has 108 valence electrons. The van der Waals surface area contributed by atoms with E-state index in [9.17, 15) is 13.5 Å². The van der Waals surface area contributed by atoms with Crippen LogP contribution in [0.4, 0.5) is 0 Å². The largest absolute Gasteiger partial charge is 0.392 e. The molecule has 2 N–H and O–H groups in total. The molecule has 20 heavy (non-hydrogen) atoms. The Morgan fingerprint density at radius 2 is 2.00 bits per heavy atom. The first-order valence-corrected chi connectivity index (χ1v) is 8.72. The quantitative estimate of drug-likeness (QED) is 0.869. The van der Waals surface area contributed by atoms with Crippen molar-refractivity contribution >= 4 is 44.6 Å². The van der Waals surface area contributed by atoms with Gasteiger partial charge < -0.3 is 5.11 Å². The highest BCUT2D eigenvalue weighted by Gasteiger charge is 2.21. The van der Waals surface area contributed by atoms with Gasteiger partial charge in [-0.05, 0) is 34.5 Å². The van der Waals surface area contributed by atoms with Gasteiger partial charge in [0.25, 0.3) is 0 Å². The molecule has 1 aromatic heterocycles. The van der Waals surface area contributed by atoms with E-state index in [0.717, 1.165) is 5.56 Å². The van der Waals surface area contributed by atoms with Gasteiger partial charge in [0.05, 0.1) is 11.6 Å². The zero-order valence-electron chi connectivity index (χ0n) is 10.1. The number of sulfonamides is 1. The summed E-state index contributed by atoms with van der Waals surface area (Å²) in [5, 5.41) is 13.1. The Kier molecular flexibility index (Phi) is 5.06. The van der Waals surface area contributed by atoms with Gasteiger partial charge in [0.1, 0.15) is 4.90 Å². The number of thiophene rings is 1. The standard InChI is InChI=1S/C12H11Cl2NO3S2/c13-10-1-2-11(12(14)9(10)6-16)20(17,18)15-5-8-3-4-19-7-8/h1-4,7,15-16H,5-6H2. The van der Waals surface area contributed by atoms with Gasteiger partial charge in [-0.15, -0.1) is 0 Å². The smallest absolute Gasteiger partial charge is 0.242 e. The average molecular weight is 352 g/mol. The van der Waals surface area contributed by atoms with Gasteiger partial charge in [-0.3, -0.25) is 0 Å². The van der Waals surface area contributed by atoms with E-state index in [0.29, 0.717) is 0 Å². The van der Waals surface area contributed by atoms with E-state index < -0.39 is 16.6 Å². The van der Waals surface area contributed by atoms with E-state index in [4.69, 9.17) is 23.2 Å². The number of hydrogen-bond donors (Lipinski definition) is 2. The molecule has 0 aliphatic rings. The maximum Gasteiger partial charge on any atom is 0.242 e. The maximum atomic E-state index is 12.2. The lowest BCUT2D eigenvalue weighted by atomic mass is 10.2. The highest BCUT2D eigenvalue weighted by Crippen LogP contribution is 2.31. The second-order valence-corrected chi connectivity index (χ2v) is 7.25. The first kappa shape index (κ1) is 15.8. The third kappa shape index (κ3) is 3.33. The minimum atomic E-state index is -3.76. The Balaban J connectivity index is 2.30. The molecule has 0 fully saturated rings. The molecule has 0 atom stereocenters. The van der Waals surface area contributed by atoms with Crippen LogP contribution in [-0.2, 0) is 23.2 Å². The summed E-state index contributed by atoms with van der Waals surface area (Å²) in [7, 11) is -3.76. The Morgan fingerprint density at radius 3 is 2.60 bits per heavy atom. The molecule has 0 saturated carbocycles. The van der Waals surface area contributed by atoms with E-state index in [-0.39, 0.29) is 27.0 Å². The van der Waals surface area contributed by atoms with Crippen LogP contribution in [0.15, 0.2) is 33.9 Å². The van der Waals surface area contributed by atoms with Crippen molar-refractivity contribution in [2.24, 2.45) is 0 Å². The summed E-state index contributed by atoms with van der Waals surface area (Å²) in [5.74, 6) is 0. The summed E-state index contributed by atoms with van der Waals surface area (Å²) < 4.78 is 26.9. The van der Waals surface area contributed by atoms with Crippen LogP contribution >= 0.6 is 34.5 Å². The second kappa shape index (κ2) is 6.43. The van der Waals surface area contributed by atoms with E-state index in [1.54, 1.807) is 0 Å². The highest BCUT2D eigenvalue weighted by molar-refractivity contribution is 7.89. The minimum absolute atomic E-state index is 0.0576. The third-order valence-corrected chi connectivity index (χ3v) is 5.72. The number of aliphatic hydroxyl groups is 1. The Bertz CT molecular complexity index is 700. The van der Waals surface area contributed by atoms with Gasteiger partial charge in [0.2, 0.25) is 10.0 Å². The van der Waals surface area contributed by atoms with Crippen molar-refractivity contribution in [3.8, 4) is 0 Å². The molecule has 2 aromatic rings. The van der Waals surface area contributed by atoms with E-state index >= 15 is 0 Å². The van der Waals surface area contributed by atoms with Crippen LogP contribution in [-0.4, -0.2) is 13.5 Å². The molecule has 0 saturated heterocycles. The number of hydrogen-bond acceptors (Lipinski definition) is 4. The van der Waals surface area contributed by atoms with Gasteiger partial charge in [-0.2, -0.15) is 11.3 Å². The lowest BCUT2D eigenvalue weighted by Crippen LogP contribution is -2.23. The maximum absolute atomic E-state index is 12.2. The number of halogens is 2. The molecule has 8 heteroatoms.